The van der Waals surface area contributed by atoms with Crippen molar-refractivity contribution >= 4 is 11.0 Å². The number of fused-ring (bicyclic) bond motifs is 1. The molecule has 1 aromatic heterocycles. The number of para-hydroxylation sites is 1. The van der Waals surface area contributed by atoms with Crippen molar-refractivity contribution in [1.82, 2.24) is 5.32 Å². The highest BCUT2D eigenvalue weighted by atomic mass is 16.3. The minimum absolute atomic E-state index is 0.332. The maximum atomic E-state index is 5.69. The first kappa shape index (κ1) is 13.9. The van der Waals surface area contributed by atoms with E-state index in [1.807, 2.05) is 18.4 Å². The Morgan fingerprint density at radius 3 is 2.57 bits per heavy atom. The maximum absolute atomic E-state index is 5.69. The lowest BCUT2D eigenvalue weighted by molar-refractivity contribution is 0.507. The van der Waals surface area contributed by atoms with Gasteiger partial charge in [0.1, 0.15) is 5.58 Å². The summed E-state index contributed by atoms with van der Waals surface area (Å²) in [4.78, 5) is 0. The topological polar surface area (TPSA) is 25.2 Å². The Balaban J connectivity index is 1.81. The molecule has 0 amide bonds. The summed E-state index contributed by atoms with van der Waals surface area (Å²) in [6, 6.07) is 19.2. The van der Waals surface area contributed by atoms with Crippen molar-refractivity contribution in [3.63, 3.8) is 0 Å². The van der Waals surface area contributed by atoms with Gasteiger partial charge in [-0.2, -0.15) is 0 Å². The van der Waals surface area contributed by atoms with Gasteiger partial charge in [-0.25, -0.2) is 0 Å². The van der Waals surface area contributed by atoms with Gasteiger partial charge in [0.05, 0.1) is 6.26 Å². The van der Waals surface area contributed by atoms with Crippen LogP contribution >= 0.6 is 0 Å². The van der Waals surface area contributed by atoms with Crippen LogP contribution in [-0.4, -0.2) is 6.54 Å². The summed E-state index contributed by atoms with van der Waals surface area (Å²) >= 11 is 0. The Bertz CT molecular complexity index is 687. The molecular formula is C19H21NO. The molecular weight excluding hydrogens is 258 g/mol. The molecule has 0 aliphatic heterocycles. The molecule has 0 spiro atoms. The van der Waals surface area contributed by atoms with Crippen LogP contribution in [-0.2, 0) is 6.42 Å². The quantitative estimate of drug-likeness (QED) is 0.706. The van der Waals surface area contributed by atoms with E-state index in [0.717, 1.165) is 25.0 Å². The van der Waals surface area contributed by atoms with Crippen molar-refractivity contribution in [3.05, 3.63) is 72.0 Å². The smallest absolute Gasteiger partial charge is 0.134 e. The van der Waals surface area contributed by atoms with E-state index < -0.39 is 0 Å². The van der Waals surface area contributed by atoms with E-state index in [4.69, 9.17) is 4.42 Å². The van der Waals surface area contributed by atoms with Gasteiger partial charge in [0.15, 0.2) is 0 Å². The molecule has 3 aromatic rings. The van der Waals surface area contributed by atoms with Crippen LogP contribution in [0.25, 0.3) is 11.0 Å². The van der Waals surface area contributed by atoms with Crippen molar-refractivity contribution < 1.29 is 4.42 Å². The zero-order chi connectivity index (χ0) is 14.5. The lowest BCUT2D eigenvalue weighted by Crippen LogP contribution is -2.21. The van der Waals surface area contributed by atoms with Crippen molar-refractivity contribution in [1.29, 1.82) is 0 Å². The highest BCUT2D eigenvalue weighted by molar-refractivity contribution is 5.81. The normalized spacial score (nSPS) is 12.6. The molecule has 0 saturated heterocycles. The predicted octanol–water partition coefficient (Wildman–Crippen LogP) is 4.72. The SMILES string of the molecule is CCNC(CCc1ccccc1)c1coc2ccccc12. The first-order valence-corrected chi connectivity index (χ1v) is 7.62. The van der Waals surface area contributed by atoms with Crippen molar-refractivity contribution in [2.45, 2.75) is 25.8 Å². The minimum atomic E-state index is 0.332. The van der Waals surface area contributed by atoms with Crippen LogP contribution in [0.3, 0.4) is 0 Å². The molecule has 1 N–H and O–H groups in total. The summed E-state index contributed by atoms with van der Waals surface area (Å²) in [5, 5.41) is 4.81. The molecule has 0 saturated carbocycles. The van der Waals surface area contributed by atoms with Gasteiger partial charge >= 0.3 is 0 Å². The van der Waals surface area contributed by atoms with E-state index in [9.17, 15) is 0 Å². The minimum Gasteiger partial charge on any atom is -0.464 e. The van der Waals surface area contributed by atoms with Crippen LogP contribution in [0.5, 0.6) is 0 Å². The maximum Gasteiger partial charge on any atom is 0.134 e. The fourth-order valence-electron chi connectivity index (χ4n) is 2.84. The molecule has 21 heavy (non-hydrogen) atoms. The Kier molecular flexibility index (Phi) is 4.37. The van der Waals surface area contributed by atoms with Crippen LogP contribution < -0.4 is 5.32 Å². The molecule has 0 aliphatic rings. The molecule has 1 atom stereocenters. The molecule has 0 bridgehead atoms. The number of benzene rings is 2. The summed E-state index contributed by atoms with van der Waals surface area (Å²) in [5.74, 6) is 0. The van der Waals surface area contributed by atoms with Gasteiger partial charge in [-0.3, -0.25) is 0 Å². The van der Waals surface area contributed by atoms with Gasteiger partial charge in [0.25, 0.3) is 0 Å². The number of nitrogens with one attached hydrogen (secondary N) is 1. The first-order valence-electron chi connectivity index (χ1n) is 7.62. The summed E-state index contributed by atoms with van der Waals surface area (Å²) in [6.07, 6.45) is 4.04. The van der Waals surface area contributed by atoms with E-state index in [2.05, 4.69) is 54.7 Å². The Morgan fingerprint density at radius 2 is 1.76 bits per heavy atom. The molecule has 1 heterocycles. The zero-order valence-corrected chi connectivity index (χ0v) is 12.4. The van der Waals surface area contributed by atoms with Gasteiger partial charge in [-0.1, -0.05) is 55.5 Å². The van der Waals surface area contributed by atoms with E-state index >= 15 is 0 Å². The second-order valence-corrected chi connectivity index (χ2v) is 5.32. The van der Waals surface area contributed by atoms with E-state index in [-0.39, 0.29) is 0 Å². The molecule has 0 aliphatic carbocycles. The van der Waals surface area contributed by atoms with Crippen LogP contribution in [0, 0.1) is 0 Å². The molecule has 108 valence electrons. The Labute approximate surface area is 125 Å². The summed E-state index contributed by atoms with van der Waals surface area (Å²) in [6.45, 7) is 3.11. The largest absolute Gasteiger partial charge is 0.464 e. The highest BCUT2D eigenvalue weighted by Gasteiger charge is 2.16. The fraction of sp³-hybridized carbons (Fsp3) is 0.263. The van der Waals surface area contributed by atoms with Crippen LogP contribution in [0.1, 0.15) is 30.5 Å². The summed E-state index contributed by atoms with van der Waals surface area (Å²) in [5.41, 5.74) is 3.62. The Hall–Kier alpha value is -2.06. The predicted molar refractivity (Wildman–Crippen MR) is 87.4 cm³/mol. The number of furan rings is 1. The average Bonchev–Trinajstić information content (AvgIpc) is 2.96. The molecule has 0 fully saturated rings. The number of hydrogen-bond acceptors (Lipinski definition) is 2. The lowest BCUT2D eigenvalue weighted by Gasteiger charge is -2.17. The molecule has 2 aromatic carbocycles. The van der Waals surface area contributed by atoms with Crippen molar-refractivity contribution in [3.8, 4) is 0 Å². The van der Waals surface area contributed by atoms with E-state index in [1.54, 1.807) is 0 Å². The number of rotatable bonds is 6. The van der Waals surface area contributed by atoms with Crippen LogP contribution in [0.15, 0.2) is 65.3 Å². The third-order valence-corrected chi connectivity index (χ3v) is 3.90. The van der Waals surface area contributed by atoms with Crippen molar-refractivity contribution in [2.24, 2.45) is 0 Å². The lowest BCUT2D eigenvalue weighted by atomic mass is 9.98. The van der Waals surface area contributed by atoms with E-state index in [1.165, 1.54) is 16.5 Å². The third kappa shape index (κ3) is 3.17. The molecule has 3 rings (SSSR count). The molecule has 1 unspecified atom stereocenters. The third-order valence-electron chi connectivity index (χ3n) is 3.90. The molecule has 2 nitrogen and oxygen atoms in total. The number of aryl methyl sites for hydroxylation is 1. The monoisotopic (exact) mass is 279 g/mol. The first-order chi connectivity index (χ1) is 10.4. The fourth-order valence-corrected chi connectivity index (χ4v) is 2.84. The molecule has 2 heteroatoms. The van der Waals surface area contributed by atoms with Crippen LogP contribution in [0.2, 0.25) is 0 Å². The van der Waals surface area contributed by atoms with Gasteiger partial charge in [-0.15, -0.1) is 0 Å². The van der Waals surface area contributed by atoms with E-state index in [0.29, 0.717) is 6.04 Å². The van der Waals surface area contributed by atoms with Gasteiger partial charge < -0.3 is 9.73 Å². The summed E-state index contributed by atoms with van der Waals surface area (Å²) in [7, 11) is 0. The molecule has 0 radical (unpaired) electrons. The van der Waals surface area contributed by atoms with Crippen molar-refractivity contribution in [2.75, 3.05) is 6.54 Å². The zero-order valence-electron chi connectivity index (χ0n) is 12.4. The average molecular weight is 279 g/mol. The number of hydrogen-bond donors (Lipinski definition) is 1. The van der Waals surface area contributed by atoms with Crippen LogP contribution in [0.4, 0.5) is 0 Å². The standard InChI is InChI=1S/C19H21NO/c1-2-20-18(13-12-15-8-4-3-5-9-15)17-14-21-19-11-7-6-10-16(17)19/h3-11,14,18,20H,2,12-13H2,1H3. The second kappa shape index (κ2) is 6.59. The van der Waals surface area contributed by atoms with Gasteiger partial charge in [-0.05, 0) is 31.0 Å². The second-order valence-electron chi connectivity index (χ2n) is 5.32. The highest BCUT2D eigenvalue weighted by Crippen LogP contribution is 2.29. The Morgan fingerprint density at radius 1 is 1.00 bits per heavy atom. The van der Waals surface area contributed by atoms with Gasteiger partial charge in [0.2, 0.25) is 0 Å². The van der Waals surface area contributed by atoms with Gasteiger partial charge in [0, 0.05) is 17.0 Å². The summed E-state index contributed by atoms with van der Waals surface area (Å²) < 4.78 is 5.69.